The van der Waals surface area contributed by atoms with E-state index in [4.69, 9.17) is 9.47 Å². The monoisotopic (exact) mass is 1120 g/mol. The van der Waals surface area contributed by atoms with Gasteiger partial charge in [0.25, 0.3) is 0 Å². The molecular weight excluding hydrogens is 1020 g/mol. The largest absolute Gasteiger partial charge is 2.00 e. The number of hydrogen-bond acceptors (Lipinski definition) is 8. The number of aromatic carboxylic acids is 2. The van der Waals surface area contributed by atoms with Crippen molar-refractivity contribution in [1.82, 2.24) is 0 Å². The van der Waals surface area contributed by atoms with Crippen LogP contribution < -0.4 is 10.2 Å². The molecule has 0 bridgehead atoms. The third-order valence-electron chi connectivity index (χ3n) is 12.2. The van der Waals surface area contributed by atoms with Gasteiger partial charge in [0.2, 0.25) is 0 Å². The molecule has 0 aromatic heterocycles. The van der Waals surface area contributed by atoms with Crippen molar-refractivity contribution in [2.24, 2.45) is 0 Å². The second-order valence-corrected chi connectivity index (χ2v) is 18.9. The Morgan fingerprint density at radius 3 is 0.863 bits per heavy atom. The molecule has 0 fully saturated rings. The van der Waals surface area contributed by atoms with Gasteiger partial charge >= 0.3 is 35.8 Å². The van der Waals surface area contributed by atoms with Crippen LogP contribution in [0.25, 0.3) is 0 Å². The van der Waals surface area contributed by atoms with Crippen molar-refractivity contribution in [3.8, 4) is 0 Å². The molecule has 4 radical (unpaired) electrons. The Morgan fingerprint density at radius 2 is 0.603 bits per heavy atom. The van der Waals surface area contributed by atoms with Gasteiger partial charge < -0.3 is 29.3 Å². The minimum atomic E-state index is -1.36. The predicted octanol–water partition coefficient (Wildman–Crippen LogP) is 16.9. The number of esters is 2. The van der Waals surface area contributed by atoms with Crippen LogP contribution in [0.2, 0.25) is 0 Å². The number of allylic oxidation sites excluding steroid dienone is 4. The second-order valence-electron chi connectivity index (χ2n) is 18.9. The van der Waals surface area contributed by atoms with Crippen molar-refractivity contribution in [1.29, 1.82) is 0 Å². The van der Waals surface area contributed by atoms with Crippen LogP contribution in [-0.2, 0) is 9.47 Å². The molecule has 2 rings (SSSR count). The molecule has 2 aromatic carbocycles. The molecule has 9 heteroatoms. The standard InChI is InChI=1S/2C24H36O4.2C8H17.Sn/c2*1-2-3-4-5-6-7-8-9-10-11-12-13-14-17-20-28-24(27)22-19-16-15-18-21(22)23(25)26;2*1-3-5-7-8-6-4-2;/h2*10-11,15-16,18-19H,2-9,12-14,17,20H2,1H3,(H,25,26);2*1,3-8H2,2H3;/q;;;;+2/p-2/b2*11-10+;;;. The molecule has 0 saturated heterocycles. The molecule has 73 heavy (non-hydrogen) atoms. The number of carbonyl (C=O) groups excluding carboxylic acids is 4. The van der Waals surface area contributed by atoms with Crippen molar-refractivity contribution < 1.29 is 38.9 Å². The number of hydrogen-bond donors (Lipinski definition) is 0. The number of carboxylic acid groups (broad SMARTS) is 2. The van der Waals surface area contributed by atoms with E-state index in [1.165, 1.54) is 191 Å². The molecule has 0 amide bonds. The first-order valence-electron chi connectivity index (χ1n) is 29.0. The van der Waals surface area contributed by atoms with E-state index in [0.717, 1.165) is 64.2 Å². The van der Waals surface area contributed by atoms with Crippen LogP contribution in [0.4, 0.5) is 0 Å². The molecule has 0 aliphatic heterocycles. The van der Waals surface area contributed by atoms with Crippen LogP contribution in [0, 0.1) is 13.8 Å². The van der Waals surface area contributed by atoms with Crippen LogP contribution in [-0.4, -0.2) is 61.0 Å². The molecule has 0 atom stereocenters. The third kappa shape index (κ3) is 49.3. The summed E-state index contributed by atoms with van der Waals surface area (Å²) in [6.45, 7) is 17.2. The van der Waals surface area contributed by atoms with Crippen molar-refractivity contribution in [2.75, 3.05) is 13.2 Å². The van der Waals surface area contributed by atoms with E-state index in [1.54, 1.807) is 24.3 Å². The van der Waals surface area contributed by atoms with E-state index >= 15 is 0 Å². The average Bonchev–Trinajstić information content (AvgIpc) is 3.39. The van der Waals surface area contributed by atoms with Crippen LogP contribution in [0.1, 0.15) is 300 Å². The molecule has 0 heterocycles. The summed E-state index contributed by atoms with van der Waals surface area (Å²) in [4.78, 5) is 46.0. The number of benzene rings is 2. The molecule has 0 saturated carbocycles. The SMILES string of the molecule is CCCCCCCCC/C=C/CCCCCOC(=O)c1ccccc1C(=O)[O-].CCCCCCCCC/C=C/CCCCCOC(=O)c1ccccc1C(=O)[O-].[CH2]CCCCCCC.[CH2]CCCCCCC.[Sn+2]. The van der Waals surface area contributed by atoms with Gasteiger partial charge in [-0.05, 0) is 89.2 Å². The molecule has 0 aliphatic carbocycles. The first-order chi connectivity index (χ1) is 35.2. The number of rotatable bonds is 42. The molecule has 0 spiro atoms. The van der Waals surface area contributed by atoms with Gasteiger partial charge in [0.15, 0.2) is 0 Å². The van der Waals surface area contributed by atoms with Crippen LogP contribution in [0.15, 0.2) is 72.8 Å². The molecular formula is C64H104O8Sn. The Kier molecular flexibility index (Phi) is 60.2. The van der Waals surface area contributed by atoms with E-state index in [-0.39, 0.29) is 46.2 Å². The van der Waals surface area contributed by atoms with Gasteiger partial charge in [0, 0.05) is 11.1 Å². The van der Waals surface area contributed by atoms with E-state index in [1.807, 2.05) is 0 Å². The molecule has 0 N–H and O–H groups in total. The maximum atomic E-state index is 12.0. The van der Waals surface area contributed by atoms with E-state index in [2.05, 4.69) is 65.8 Å². The minimum Gasteiger partial charge on any atom is -0.545 e. The van der Waals surface area contributed by atoms with Crippen LogP contribution in [0.5, 0.6) is 0 Å². The molecule has 8 nitrogen and oxygen atoms in total. The number of carbonyl (C=O) groups is 4. The summed E-state index contributed by atoms with van der Waals surface area (Å²) < 4.78 is 10.4. The first-order valence-corrected chi connectivity index (χ1v) is 29.0. The Labute approximate surface area is 465 Å². The Morgan fingerprint density at radius 1 is 0.370 bits per heavy atom. The summed E-state index contributed by atoms with van der Waals surface area (Å²) in [7, 11) is 0. The molecule has 0 aliphatic rings. The summed E-state index contributed by atoms with van der Waals surface area (Å²) in [5.74, 6) is -3.93. The van der Waals surface area contributed by atoms with Gasteiger partial charge in [-0.3, -0.25) is 0 Å². The third-order valence-corrected chi connectivity index (χ3v) is 12.2. The van der Waals surface area contributed by atoms with Gasteiger partial charge in [-0.1, -0.05) is 256 Å². The first kappa shape index (κ1) is 73.8. The fourth-order valence-corrected chi connectivity index (χ4v) is 7.72. The van der Waals surface area contributed by atoms with Crippen LogP contribution >= 0.6 is 0 Å². The normalized spacial score (nSPS) is 10.6. The zero-order valence-corrected chi connectivity index (χ0v) is 49.8. The smallest absolute Gasteiger partial charge is 0.545 e. The van der Waals surface area contributed by atoms with E-state index in [9.17, 15) is 29.4 Å². The van der Waals surface area contributed by atoms with Crippen molar-refractivity contribution >= 4 is 47.8 Å². The Bertz CT molecular complexity index is 1470. The van der Waals surface area contributed by atoms with Gasteiger partial charge in [-0.25, -0.2) is 9.59 Å². The number of ether oxygens (including phenoxy) is 2. The fourth-order valence-electron chi connectivity index (χ4n) is 7.72. The van der Waals surface area contributed by atoms with Crippen molar-refractivity contribution in [3.63, 3.8) is 0 Å². The van der Waals surface area contributed by atoms with Crippen molar-refractivity contribution in [2.45, 2.75) is 259 Å². The van der Waals surface area contributed by atoms with Crippen LogP contribution in [0.3, 0.4) is 0 Å². The van der Waals surface area contributed by atoms with Gasteiger partial charge in [0.05, 0.1) is 36.3 Å². The van der Waals surface area contributed by atoms with Gasteiger partial charge in [0.1, 0.15) is 0 Å². The zero-order chi connectivity index (χ0) is 53.4. The molecule has 2 aromatic rings. The summed E-state index contributed by atoms with van der Waals surface area (Å²) in [5, 5.41) is 22.0. The zero-order valence-electron chi connectivity index (χ0n) is 47.0. The number of unbranched alkanes of at least 4 members (excludes halogenated alkanes) is 30. The van der Waals surface area contributed by atoms with E-state index < -0.39 is 23.9 Å². The molecule has 0 unspecified atom stereocenters. The average molecular weight is 1120 g/mol. The maximum Gasteiger partial charge on any atom is 2.00 e. The topological polar surface area (TPSA) is 133 Å². The Balaban J connectivity index is -0.00000102. The van der Waals surface area contributed by atoms with Gasteiger partial charge in [-0.15, -0.1) is 0 Å². The summed E-state index contributed by atoms with van der Waals surface area (Å²) in [5.41, 5.74) is -0.149. The van der Waals surface area contributed by atoms with E-state index in [0.29, 0.717) is 13.2 Å². The molecule has 412 valence electrons. The summed E-state index contributed by atoms with van der Waals surface area (Å²) >= 11 is 0. The maximum absolute atomic E-state index is 12.0. The van der Waals surface area contributed by atoms with Crippen molar-refractivity contribution in [3.05, 3.63) is 109 Å². The quantitative estimate of drug-likeness (QED) is 0.0278. The minimum absolute atomic E-state index is 0. The van der Waals surface area contributed by atoms with Gasteiger partial charge in [-0.2, -0.15) is 0 Å². The summed E-state index contributed by atoms with van der Waals surface area (Å²) in [6, 6.07) is 11.9. The number of carboxylic acids is 2. The fraction of sp³-hybridized carbons (Fsp3) is 0.656. The second kappa shape index (κ2) is 59.5. The predicted molar refractivity (Wildman–Crippen MR) is 306 cm³/mol. The summed E-state index contributed by atoms with van der Waals surface area (Å²) in [6.07, 6.45) is 53.9. The Hall–Kier alpha value is -3.40.